The molecule has 70 heavy (non-hydrogen) atoms. The maximum Gasteiger partial charge on any atom is 0.0561 e. The Kier molecular flexibility index (Phi) is 10.8. The molecule has 0 aliphatic heterocycles. The quantitative estimate of drug-likeness (QED) is 0.126. The highest BCUT2D eigenvalue weighted by atomic mass is 15.2. The number of anilines is 6. The lowest BCUT2D eigenvalue weighted by Crippen LogP contribution is -2.16. The summed E-state index contributed by atoms with van der Waals surface area (Å²) in [5, 5.41) is 7.38. The van der Waals surface area contributed by atoms with Gasteiger partial charge >= 0.3 is 0 Å². The minimum Gasteiger partial charge on any atom is -0.309 e. The highest BCUT2D eigenvalue weighted by molar-refractivity contribution is 6.29. The minimum atomic E-state index is -0.0194. The molecular weight excluding hydrogens is 845 g/mol. The first kappa shape index (κ1) is 42.6. The summed E-state index contributed by atoms with van der Waals surface area (Å²) in [5.41, 5.74) is 17.1. The standard InChI is InChI=1S/C68H52N2/c1-68(2,3)55-42-53-34-38-58-64(69(56-30-18-8-19-31-56)62-40-36-51(47-22-10-4-11-23-47)44-60(62)49-26-14-6-15-27-49)46-65(59-39-35-54(43-55)66(53)67(58)59)70(57-32-20-9-21-33-57)63-41-37-52(48-24-12-5-13-25-48)45-61(63)50-28-16-7-17-29-50/h4-46H,1-3H3. The third-order valence-corrected chi connectivity index (χ3v) is 13.9. The smallest absolute Gasteiger partial charge is 0.0561 e. The molecular formula is C68H52N2. The number of hydrogen-bond donors (Lipinski definition) is 0. The molecule has 0 fully saturated rings. The number of hydrogen-bond acceptors (Lipinski definition) is 2. The molecule has 2 nitrogen and oxygen atoms in total. The van der Waals surface area contributed by atoms with Crippen molar-refractivity contribution in [3.8, 4) is 44.5 Å². The van der Waals surface area contributed by atoms with Gasteiger partial charge in [-0.05, 0) is 115 Å². The second-order valence-electron chi connectivity index (χ2n) is 19.3. The van der Waals surface area contributed by atoms with Gasteiger partial charge in [0.05, 0.1) is 22.7 Å². The van der Waals surface area contributed by atoms with Gasteiger partial charge in [-0.2, -0.15) is 0 Å². The van der Waals surface area contributed by atoms with Gasteiger partial charge in [-0.25, -0.2) is 0 Å². The number of nitrogens with zero attached hydrogens (tertiary/aromatic N) is 2. The molecule has 2 heteroatoms. The van der Waals surface area contributed by atoms with Crippen molar-refractivity contribution >= 4 is 66.4 Å². The SMILES string of the molecule is CC(C)(C)c1cc2ccc3c(N(c4ccccc4)c4ccc(-c5ccccc5)cc4-c4ccccc4)cc(N(c4ccccc4)c4ccc(-c5ccccc5)cc4-c4ccccc4)c4ccc(c1)c2c34. The van der Waals surface area contributed by atoms with Gasteiger partial charge in [-0.15, -0.1) is 0 Å². The summed E-state index contributed by atoms with van der Waals surface area (Å²) < 4.78 is 0. The summed E-state index contributed by atoms with van der Waals surface area (Å²) in [6.07, 6.45) is 0. The average Bonchev–Trinajstić information content (AvgIpc) is 3.42. The van der Waals surface area contributed by atoms with Gasteiger partial charge in [0.15, 0.2) is 0 Å². The Morgan fingerprint density at radius 3 is 1.00 bits per heavy atom. The zero-order valence-corrected chi connectivity index (χ0v) is 39.7. The molecule has 0 aliphatic carbocycles. The molecule has 334 valence electrons. The lowest BCUT2D eigenvalue weighted by Gasteiger charge is -2.34. The molecule has 0 amide bonds. The van der Waals surface area contributed by atoms with Crippen LogP contribution in [0, 0.1) is 0 Å². The minimum absolute atomic E-state index is 0.0194. The van der Waals surface area contributed by atoms with E-state index in [1.165, 1.54) is 60.1 Å². The molecule has 0 saturated heterocycles. The Bertz CT molecular complexity index is 3530. The Morgan fingerprint density at radius 2 is 0.629 bits per heavy atom. The van der Waals surface area contributed by atoms with Crippen LogP contribution in [0.25, 0.3) is 76.8 Å². The van der Waals surface area contributed by atoms with E-state index in [4.69, 9.17) is 0 Å². The second kappa shape index (κ2) is 17.7. The molecule has 12 rings (SSSR count). The van der Waals surface area contributed by atoms with Crippen molar-refractivity contribution in [3.63, 3.8) is 0 Å². The number of benzene rings is 12. The van der Waals surface area contributed by atoms with Crippen LogP contribution in [0.3, 0.4) is 0 Å². The number of rotatable bonds is 10. The fourth-order valence-corrected chi connectivity index (χ4v) is 10.4. The molecule has 0 N–H and O–H groups in total. The molecule has 0 aliphatic rings. The van der Waals surface area contributed by atoms with Gasteiger partial charge in [0.1, 0.15) is 0 Å². The van der Waals surface area contributed by atoms with Crippen molar-refractivity contribution in [1.82, 2.24) is 0 Å². The first-order valence-corrected chi connectivity index (χ1v) is 24.3. The van der Waals surface area contributed by atoms with E-state index in [-0.39, 0.29) is 5.41 Å². The number of para-hydroxylation sites is 2. The molecule has 0 spiro atoms. The van der Waals surface area contributed by atoms with Gasteiger partial charge in [0.2, 0.25) is 0 Å². The highest BCUT2D eigenvalue weighted by Gasteiger charge is 2.28. The third-order valence-electron chi connectivity index (χ3n) is 13.9. The zero-order chi connectivity index (χ0) is 47.2. The summed E-state index contributed by atoms with van der Waals surface area (Å²) >= 11 is 0. The van der Waals surface area contributed by atoms with E-state index >= 15 is 0 Å². The van der Waals surface area contributed by atoms with Crippen LogP contribution in [0.15, 0.2) is 261 Å². The maximum absolute atomic E-state index is 2.51. The molecule has 12 aromatic carbocycles. The Balaban J connectivity index is 1.21. The summed E-state index contributed by atoms with van der Waals surface area (Å²) in [6, 6.07) is 95.8. The van der Waals surface area contributed by atoms with Gasteiger partial charge < -0.3 is 9.80 Å². The lowest BCUT2D eigenvalue weighted by atomic mass is 9.83. The van der Waals surface area contributed by atoms with E-state index in [2.05, 4.69) is 291 Å². The Hall–Kier alpha value is -8.72. The van der Waals surface area contributed by atoms with E-state index in [1.807, 2.05) is 0 Å². The average molecular weight is 897 g/mol. The van der Waals surface area contributed by atoms with E-state index in [0.29, 0.717) is 0 Å². The highest BCUT2D eigenvalue weighted by Crippen LogP contribution is 2.53. The van der Waals surface area contributed by atoms with Crippen LogP contribution in [0.2, 0.25) is 0 Å². The molecule has 0 saturated carbocycles. The summed E-state index contributed by atoms with van der Waals surface area (Å²) in [6.45, 7) is 6.94. The van der Waals surface area contributed by atoms with E-state index < -0.39 is 0 Å². The van der Waals surface area contributed by atoms with Crippen LogP contribution >= 0.6 is 0 Å². The zero-order valence-electron chi connectivity index (χ0n) is 39.7. The van der Waals surface area contributed by atoms with Crippen molar-refractivity contribution in [2.24, 2.45) is 0 Å². The van der Waals surface area contributed by atoms with Crippen LogP contribution in [0.5, 0.6) is 0 Å². The topological polar surface area (TPSA) is 6.48 Å². The molecule has 0 aromatic heterocycles. The molecule has 0 radical (unpaired) electrons. The fourth-order valence-electron chi connectivity index (χ4n) is 10.4. The van der Waals surface area contributed by atoms with E-state index in [1.54, 1.807) is 0 Å². The van der Waals surface area contributed by atoms with Gasteiger partial charge in [0.25, 0.3) is 0 Å². The monoisotopic (exact) mass is 896 g/mol. The summed E-state index contributed by atoms with van der Waals surface area (Å²) in [4.78, 5) is 5.01. The first-order valence-electron chi connectivity index (χ1n) is 24.3. The molecule has 0 atom stereocenters. The van der Waals surface area contributed by atoms with Crippen molar-refractivity contribution in [1.29, 1.82) is 0 Å². The predicted molar refractivity (Wildman–Crippen MR) is 300 cm³/mol. The van der Waals surface area contributed by atoms with Crippen LogP contribution in [-0.2, 0) is 5.41 Å². The van der Waals surface area contributed by atoms with E-state index in [9.17, 15) is 0 Å². The normalized spacial score (nSPS) is 11.6. The summed E-state index contributed by atoms with van der Waals surface area (Å²) in [7, 11) is 0. The van der Waals surface area contributed by atoms with Crippen LogP contribution < -0.4 is 9.80 Å². The summed E-state index contributed by atoms with van der Waals surface area (Å²) in [5.74, 6) is 0. The third kappa shape index (κ3) is 7.74. The first-order chi connectivity index (χ1) is 34.4. The van der Waals surface area contributed by atoms with E-state index in [0.717, 1.165) is 56.4 Å². The van der Waals surface area contributed by atoms with Crippen LogP contribution in [0.4, 0.5) is 34.1 Å². The van der Waals surface area contributed by atoms with Crippen molar-refractivity contribution in [3.05, 3.63) is 266 Å². The maximum atomic E-state index is 2.51. The molecule has 0 bridgehead atoms. The van der Waals surface area contributed by atoms with Crippen molar-refractivity contribution < 1.29 is 0 Å². The second-order valence-corrected chi connectivity index (χ2v) is 19.3. The van der Waals surface area contributed by atoms with Gasteiger partial charge in [-0.3, -0.25) is 0 Å². The van der Waals surface area contributed by atoms with Crippen LogP contribution in [-0.4, -0.2) is 0 Å². The molecule has 0 unspecified atom stereocenters. The van der Waals surface area contributed by atoms with Crippen molar-refractivity contribution in [2.45, 2.75) is 26.2 Å². The Labute approximate surface area is 411 Å². The van der Waals surface area contributed by atoms with Crippen LogP contribution in [0.1, 0.15) is 26.3 Å². The van der Waals surface area contributed by atoms with Gasteiger partial charge in [-0.1, -0.05) is 227 Å². The molecule has 0 heterocycles. The van der Waals surface area contributed by atoms with Crippen molar-refractivity contribution in [2.75, 3.05) is 9.80 Å². The largest absolute Gasteiger partial charge is 0.309 e. The predicted octanol–water partition coefficient (Wildman–Crippen LogP) is 19.5. The fraction of sp³-hybridized carbons (Fsp3) is 0.0588. The Morgan fingerprint density at radius 1 is 0.271 bits per heavy atom. The molecule has 12 aromatic rings. The van der Waals surface area contributed by atoms with Gasteiger partial charge in [0, 0.05) is 38.7 Å². The lowest BCUT2D eigenvalue weighted by molar-refractivity contribution is 0.591.